The molecule has 1 aromatic heterocycles. The van der Waals surface area contributed by atoms with E-state index in [0.717, 1.165) is 11.8 Å². The molecule has 2 aliphatic rings. The maximum atomic E-state index is 4.43. The second-order valence-electron chi connectivity index (χ2n) is 5.25. The van der Waals surface area contributed by atoms with Gasteiger partial charge in [0.2, 0.25) is 0 Å². The van der Waals surface area contributed by atoms with Crippen LogP contribution >= 0.6 is 0 Å². The van der Waals surface area contributed by atoms with Crippen LogP contribution in [0, 0.1) is 18.8 Å². The Morgan fingerprint density at radius 2 is 2.20 bits per heavy atom. The third-order valence-electron chi connectivity index (χ3n) is 4.18. The van der Waals surface area contributed by atoms with Crippen LogP contribution in [0.25, 0.3) is 0 Å². The van der Waals surface area contributed by atoms with Gasteiger partial charge in [0.25, 0.3) is 0 Å². The van der Waals surface area contributed by atoms with Crippen LogP contribution < -0.4 is 0 Å². The van der Waals surface area contributed by atoms with E-state index in [4.69, 9.17) is 0 Å². The van der Waals surface area contributed by atoms with Gasteiger partial charge in [0, 0.05) is 12.2 Å². The lowest BCUT2D eigenvalue weighted by atomic mass is 9.74. The van der Waals surface area contributed by atoms with Gasteiger partial charge in [-0.15, -0.1) is 0 Å². The molecule has 3 nitrogen and oxygen atoms in total. The summed E-state index contributed by atoms with van der Waals surface area (Å²) in [5.41, 5.74) is 4.14. The number of aromatic amines is 1. The van der Waals surface area contributed by atoms with Crippen LogP contribution in [-0.4, -0.2) is 35.2 Å². The Balaban J connectivity index is 1.88. The molecule has 3 rings (SSSR count). The quantitative estimate of drug-likeness (QED) is 0.694. The van der Waals surface area contributed by atoms with Crippen molar-refractivity contribution < 1.29 is 0 Å². The molecule has 82 valence electrons. The van der Waals surface area contributed by atoms with Crippen molar-refractivity contribution in [3.8, 4) is 0 Å². The summed E-state index contributed by atoms with van der Waals surface area (Å²) in [5.74, 6) is 1.75. The van der Waals surface area contributed by atoms with E-state index in [1.165, 1.54) is 49.3 Å². The molecule has 1 fully saturated rings. The van der Waals surface area contributed by atoms with Crippen LogP contribution in [0.5, 0.6) is 0 Å². The largest absolute Gasteiger partial charge is 0.306 e. The van der Waals surface area contributed by atoms with Gasteiger partial charge >= 0.3 is 0 Å². The maximum absolute atomic E-state index is 4.43. The first-order valence-electron chi connectivity index (χ1n) is 5.95. The molecule has 1 aliphatic heterocycles. The summed E-state index contributed by atoms with van der Waals surface area (Å²) in [6.07, 6.45) is 3.80. The molecule has 1 aromatic rings. The Morgan fingerprint density at radius 1 is 1.33 bits per heavy atom. The van der Waals surface area contributed by atoms with E-state index in [-0.39, 0.29) is 0 Å². The van der Waals surface area contributed by atoms with Gasteiger partial charge in [-0.1, -0.05) is 0 Å². The molecule has 0 aromatic carbocycles. The predicted molar refractivity (Wildman–Crippen MR) is 59.8 cm³/mol. The average molecular weight is 205 g/mol. The van der Waals surface area contributed by atoms with Crippen LogP contribution in [0.15, 0.2) is 0 Å². The standard InChI is InChI=1S/C12H19N3/c1-8-11-5-10-7-15(2)4-3-9(10)6-12(11)14-13-8/h9-10H,3-7H2,1-2H3,(H,13,14)/t9-,10+/m1/s1. The highest BCUT2D eigenvalue weighted by Gasteiger charge is 2.34. The van der Waals surface area contributed by atoms with E-state index in [1.54, 1.807) is 0 Å². The van der Waals surface area contributed by atoms with Crippen LogP contribution in [-0.2, 0) is 12.8 Å². The molecular weight excluding hydrogens is 186 g/mol. The fourth-order valence-corrected chi connectivity index (χ4v) is 3.22. The summed E-state index contributed by atoms with van der Waals surface area (Å²) < 4.78 is 0. The third kappa shape index (κ3) is 1.49. The molecule has 1 N–H and O–H groups in total. The Morgan fingerprint density at radius 3 is 3.07 bits per heavy atom. The minimum atomic E-state index is 0.868. The Hall–Kier alpha value is -0.830. The van der Waals surface area contributed by atoms with Gasteiger partial charge in [-0.2, -0.15) is 5.10 Å². The van der Waals surface area contributed by atoms with Gasteiger partial charge in [-0.05, 0) is 57.2 Å². The van der Waals surface area contributed by atoms with Crippen LogP contribution in [0.3, 0.4) is 0 Å². The number of nitrogens with one attached hydrogen (secondary N) is 1. The van der Waals surface area contributed by atoms with Crippen molar-refractivity contribution in [2.75, 3.05) is 20.1 Å². The zero-order valence-electron chi connectivity index (χ0n) is 9.58. The first kappa shape index (κ1) is 9.40. The molecule has 2 heterocycles. The molecule has 0 unspecified atom stereocenters. The van der Waals surface area contributed by atoms with Gasteiger partial charge < -0.3 is 4.90 Å². The molecule has 0 radical (unpaired) electrons. The lowest BCUT2D eigenvalue weighted by Gasteiger charge is -2.39. The number of nitrogens with zero attached hydrogens (tertiary/aromatic N) is 2. The van der Waals surface area contributed by atoms with Crippen molar-refractivity contribution in [1.29, 1.82) is 0 Å². The summed E-state index contributed by atoms with van der Waals surface area (Å²) in [6, 6.07) is 0. The highest BCUT2D eigenvalue weighted by molar-refractivity contribution is 5.28. The minimum absolute atomic E-state index is 0.868. The molecule has 0 amide bonds. The number of aromatic nitrogens is 2. The smallest absolute Gasteiger partial charge is 0.0659 e. The van der Waals surface area contributed by atoms with E-state index < -0.39 is 0 Å². The minimum Gasteiger partial charge on any atom is -0.306 e. The van der Waals surface area contributed by atoms with Crippen LogP contribution in [0.4, 0.5) is 0 Å². The highest BCUT2D eigenvalue weighted by atomic mass is 15.1. The lowest BCUT2D eigenvalue weighted by molar-refractivity contribution is 0.133. The normalized spacial score (nSPS) is 31.1. The van der Waals surface area contributed by atoms with Crippen LogP contribution in [0.2, 0.25) is 0 Å². The van der Waals surface area contributed by atoms with Crippen LogP contribution in [0.1, 0.15) is 23.4 Å². The molecule has 2 atom stereocenters. The van der Waals surface area contributed by atoms with Gasteiger partial charge in [-0.25, -0.2) is 0 Å². The maximum Gasteiger partial charge on any atom is 0.0659 e. The Labute approximate surface area is 90.9 Å². The van der Waals surface area contributed by atoms with Crippen molar-refractivity contribution in [1.82, 2.24) is 15.1 Å². The number of likely N-dealkylation sites (tertiary alicyclic amines) is 1. The molecule has 1 aliphatic carbocycles. The number of hydrogen-bond donors (Lipinski definition) is 1. The van der Waals surface area contributed by atoms with Crippen molar-refractivity contribution in [2.45, 2.75) is 26.2 Å². The van der Waals surface area contributed by atoms with E-state index in [2.05, 4.69) is 29.1 Å². The van der Waals surface area contributed by atoms with E-state index in [1.807, 2.05) is 0 Å². The first-order chi connectivity index (χ1) is 7.24. The molecule has 0 saturated carbocycles. The fraction of sp³-hybridized carbons (Fsp3) is 0.750. The Bertz CT molecular complexity index is 369. The molecular formula is C12H19N3. The zero-order chi connectivity index (χ0) is 10.4. The fourth-order valence-electron chi connectivity index (χ4n) is 3.22. The number of fused-ring (bicyclic) bond motifs is 2. The van der Waals surface area contributed by atoms with Crippen molar-refractivity contribution in [3.05, 3.63) is 17.0 Å². The number of H-pyrrole nitrogens is 1. The number of aryl methyl sites for hydroxylation is 1. The second-order valence-corrected chi connectivity index (χ2v) is 5.25. The summed E-state index contributed by atoms with van der Waals surface area (Å²) in [7, 11) is 2.24. The second kappa shape index (κ2) is 3.34. The summed E-state index contributed by atoms with van der Waals surface area (Å²) in [5, 5.41) is 7.56. The predicted octanol–water partition coefficient (Wildman–Crippen LogP) is 1.38. The van der Waals surface area contributed by atoms with Crippen molar-refractivity contribution in [3.63, 3.8) is 0 Å². The Kier molecular flexibility index (Phi) is 2.09. The monoisotopic (exact) mass is 205 g/mol. The van der Waals surface area contributed by atoms with E-state index in [9.17, 15) is 0 Å². The molecule has 3 heteroatoms. The van der Waals surface area contributed by atoms with Gasteiger partial charge in [0.1, 0.15) is 0 Å². The number of rotatable bonds is 0. The lowest BCUT2D eigenvalue weighted by Crippen LogP contribution is -2.41. The average Bonchev–Trinajstić information content (AvgIpc) is 2.57. The SMILES string of the molecule is Cc1[nH]nc2c1C[C@H]1CN(C)CC[C@@H]1C2. The summed E-state index contributed by atoms with van der Waals surface area (Å²) in [4.78, 5) is 2.47. The molecule has 1 saturated heterocycles. The number of hydrogen-bond acceptors (Lipinski definition) is 2. The molecule has 15 heavy (non-hydrogen) atoms. The van der Waals surface area contributed by atoms with Gasteiger partial charge in [0.15, 0.2) is 0 Å². The summed E-state index contributed by atoms with van der Waals surface area (Å²) >= 11 is 0. The van der Waals surface area contributed by atoms with Crippen molar-refractivity contribution >= 4 is 0 Å². The highest BCUT2D eigenvalue weighted by Crippen LogP contribution is 2.35. The van der Waals surface area contributed by atoms with Gasteiger partial charge in [-0.3, -0.25) is 5.10 Å². The summed E-state index contributed by atoms with van der Waals surface area (Å²) in [6.45, 7) is 4.69. The molecule has 0 spiro atoms. The zero-order valence-corrected chi connectivity index (χ0v) is 9.58. The first-order valence-corrected chi connectivity index (χ1v) is 5.95. The van der Waals surface area contributed by atoms with E-state index in [0.29, 0.717) is 0 Å². The number of piperidine rings is 1. The van der Waals surface area contributed by atoms with E-state index >= 15 is 0 Å². The molecule has 0 bridgehead atoms. The van der Waals surface area contributed by atoms with Gasteiger partial charge in [0.05, 0.1) is 5.69 Å². The topological polar surface area (TPSA) is 31.9 Å². The third-order valence-corrected chi connectivity index (χ3v) is 4.18. The van der Waals surface area contributed by atoms with Crippen molar-refractivity contribution in [2.24, 2.45) is 11.8 Å².